The monoisotopic (exact) mass is 347 g/mol. The number of benzene rings is 1. The zero-order valence-corrected chi connectivity index (χ0v) is 14.5. The van der Waals surface area contributed by atoms with Gasteiger partial charge < -0.3 is 10.3 Å². The smallest absolute Gasteiger partial charge is 0.123 e. The van der Waals surface area contributed by atoms with Crippen LogP contribution in [0.1, 0.15) is 38.2 Å². The summed E-state index contributed by atoms with van der Waals surface area (Å²) < 4.78 is 1.14. The molecule has 1 heterocycles. The maximum absolute atomic E-state index is 4.55. The van der Waals surface area contributed by atoms with Gasteiger partial charge in [0.15, 0.2) is 0 Å². The van der Waals surface area contributed by atoms with Crippen molar-refractivity contribution in [3.8, 4) is 11.3 Å². The van der Waals surface area contributed by atoms with Crippen LogP contribution in [0.2, 0.25) is 0 Å². The van der Waals surface area contributed by atoms with Gasteiger partial charge in [-0.3, -0.25) is 0 Å². The minimum Gasteiger partial charge on any atom is -0.341 e. The lowest BCUT2D eigenvalue weighted by atomic mass is 10.1. The average Bonchev–Trinajstić information content (AvgIpc) is 2.89. The van der Waals surface area contributed by atoms with Crippen LogP contribution in [0.3, 0.4) is 0 Å². The lowest BCUT2D eigenvalue weighted by Gasteiger charge is -2.11. The quantitative estimate of drug-likeness (QED) is 0.857. The normalized spacial score (nSPS) is 25.9. The fraction of sp³-hybridized carbons (Fsp3) is 0.471. The second-order valence-corrected chi connectivity index (χ2v) is 7.13. The summed E-state index contributed by atoms with van der Waals surface area (Å²) in [7, 11) is 0. The van der Waals surface area contributed by atoms with Gasteiger partial charge in [-0.05, 0) is 48.9 Å². The Kier molecular flexibility index (Phi) is 3.93. The third-order valence-electron chi connectivity index (χ3n) is 4.74. The Balaban J connectivity index is 1.75. The number of aryl methyl sites for hydroxylation is 1. The number of H-pyrrole nitrogens is 1. The summed E-state index contributed by atoms with van der Waals surface area (Å²) >= 11 is 3.54. The lowest BCUT2D eigenvalue weighted by Crippen LogP contribution is -2.23. The van der Waals surface area contributed by atoms with E-state index in [1.165, 1.54) is 11.1 Å². The number of aromatic amines is 1. The number of hydrogen-bond donors (Lipinski definition) is 2. The van der Waals surface area contributed by atoms with E-state index in [2.05, 4.69) is 77.1 Å². The molecule has 0 saturated heterocycles. The number of imidazole rings is 1. The minimum atomic E-state index is 0.257. The highest BCUT2D eigenvalue weighted by Gasteiger charge is 2.43. The van der Waals surface area contributed by atoms with Crippen molar-refractivity contribution in [2.45, 2.75) is 39.8 Å². The molecule has 3 nitrogen and oxygen atoms in total. The first kappa shape index (κ1) is 14.8. The van der Waals surface area contributed by atoms with Crippen LogP contribution in [-0.4, -0.2) is 16.0 Å². The molecule has 1 aliphatic rings. The summed E-state index contributed by atoms with van der Waals surface area (Å²) in [5.41, 5.74) is 3.48. The SMILES string of the molecule is Cc1cc(-c2cnc(C(C)NC3C(C)C3C)[nH]2)ccc1Br. The Morgan fingerprint density at radius 1 is 1.29 bits per heavy atom. The third kappa shape index (κ3) is 2.92. The largest absolute Gasteiger partial charge is 0.341 e. The van der Waals surface area contributed by atoms with E-state index in [-0.39, 0.29) is 6.04 Å². The van der Waals surface area contributed by atoms with E-state index in [1.54, 1.807) is 0 Å². The summed E-state index contributed by atoms with van der Waals surface area (Å²) in [4.78, 5) is 8.00. The standard InChI is InChI=1S/C17H22BrN3/c1-9-7-13(5-6-14(9)18)15-8-19-17(21-15)12(4)20-16-10(2)11(16)3/h5-8,10-12,16,20H,1-4H3,(H,19,21). The highest BCUT2D eigenvalue weighted by Crippen LogP contribution is 2.39. The van der Waals surface area contributed by atoms with E-state index in [0.717, 1.165) is 27.8 Å². The van der Waals surface area contributed by atoms with Crippen LogP contribution < -0.4 is 5.32 Å². The Labute approximate surface area is 134 Å². The molecule has 1 saturated carbocycles. The van der Waals surface area contributed by atoms with Gasteiger partial charge in [0.2, 0.25) is 0 Å². The van der Waals surface area contributed by atoms with Crippen molar-refractivity contribution >= 4 is 15.9 Å². The predicted octanol–water partition coefficient (Wildman–Crippen LogP) is 4.45. The third-order valence-corrected chi connectivity index (χ3v) is 5.63. The lowest BCUT2D eigenvalue weighted by molar-refractivity contribution is 0.522. The maximum Gasteiger partial charge on any atom is 0.123 e. The Morgan fingerprint density at radius 3 is 2.62 bits per heavy atom. The van der Waals surface area contributed by atoms with E-state index in [4.69, 9.17) is 0 Å². The van der Waals surface area contributed by atoms with Gasteiger partial charge in [0.05, 0.1) is 17.9 Å². The van der Waals surface area contributed by atoms with E-state index < -0.39 is 0 Å². The van der Waals surface area contributed by atoms with Gasteiger partial charge in [0, 0.05) is 10.5 Å². The van der Waals surface area contributed by atoms with Crippen molar-refractivity contribution in [3.63, 3.8) is 0 Å². The van der Waals surface area contributed by atoms with Crippen LogP contribution in [0.25, 0.3) is 11.3 Å². The highest BCUT2D eigenvalue weighted by atomic mass is 79.9. The van der Waals surface area contributed by atoms with Crippen LogP contribution in [0, 0.1) is 18.8 Å². The van der Waals surface area contributed by atoms with Gasteiger partial charge >= 0.3 is 0 Å². The molecule has 3 atom stereocenters. The van der Waals surface area contributed by atoms with Gasteiger partial charge in [-0.1, -0.05) is 35.8 Å². The Morgan fingerprint density at radius 2 is 2.00 bits per heavy atom. The first-order valence-corrected chi connectivity index (χ1v) is 8.34. The Bertz CT molecular complexity index is 641. The molecule has 4 heteroatoms. The number of halogens is 1. The van der Waals surface area contributed by atoms with Crippen LogP contribution in [0.4, 0.5) is 0 Å². The predicted molar refractivity (Wildman–Crippen MR) is 90.1 cm³/mol. The minimum absolute atomic E-state index is 0.257. The van der Waals surface area contributed by atoms with Crippen LogP contribution >= 0.6 is 15.9 Å². The number of nitrogens with zero attached hydrogens (tertiary/aromatic N) is 1. The van der Waals surface area contributed by atoms with E-state index in [1.807, 2.05) is 6.20 Å². The fourth-order valence-corrected chi connectivity index (χ4v) is 3.10. The van der Waals surface area contributed by atoms with Crippen LogP contribution in [-0.2, 0) is 0 Å². The van der Waals surface area contributed by atoms with Gasteiger partial charge in [0.1, 0.15) is 5.82 Å². The number of rotatable bonds is 4. The van der Waals surface area contributed by atoms with E-state index in [9.17, 15) is 0 Å². The second-order valence-electron chi connectivity index (χ2n) is 6.28. The molecule has 2 N–H and O–H groups in total. The Hall–Kier alpha value is -1.13. The molecule has 1 fully saturated rings. The molecule has 1 aliphatic carbocycles. The first-order chi connectivity index (χ1) is 9.97. The van der Waals surface area contributed by atoms with Crippen molar-refractivity contribution in [1.82, 2.24) is 15.3 Å². The molecule has 3 rings (SSSR count). The summed E-state index contributed by atoms with van der Waals surface area (Å²) in [6.07, 6.45) is 1.93. The molecule has 0 amide bonds. The average molecular weight is 348 g/mol. The molecule has 21 heavy (non-hydrogen) atoms. The number of nitrogens with one attached hydrogen (secondary N) is 2. The van der Waals surface area contributed by atoms with Crippen molar-refractivity contribution < 1.29 is 0 Å². The molecule has 0 radical (unpaired) electrons. The zero-order valence-electron chi connectivity index (χ0n) is 12.9. The topological polar surface area (TPSA) is 40.7 Å². The summed E-state index contributed by atoms with van der Waals surface area (Å²) in [5, 5.41) is 3.65. The fourth-order valence-electron chi connectivity index (χ4n) is 2.85. The molecule has 1 aromatic heterocycles. The van der Waals surface area contributed by atoms with Crippen molar-refractivity contribution in [1.29, 1.82) is 0 Å². The van der Waals surface area contributed by atoms with Crippen LogP contribution in [0.15, 0.2) is 28.9 Å². The molecule has 112 valence electrons. The summed E-state index contributed by atoms with van der Waals surface area (Å²) in [6.45, 7) is 8.87. The van der Waals surface area contributed by atoms with Gasteiger partial charge in [-0.25, -0.2) is 4.98 Å². The van der Waals surface area contributed by atoms with E-state index in [0.29, 0.717) is 6.04 Å². The summed E-state index contributed by atoms with van der Waals surface area (Å²) in [5.74, 6) is 2.56. The summed E-state index contributed by atoms with van der Waals surface area (Å²) in [6, 6.07) is 7.25. The molecule has 0 bridgehead atoms. The molecule has 1 aromatic carbocycles. The highest BCUT2D eigenvalue weighted by molar-refractivity contribution is 9.10. The molecular weight excluding hydrogens is 326 g/mol. The second kappa shape index (κ2) is 5.58. The van der Waals surface area contributed by atoms with Gasteiger partial charge in [0.25, 0.3) is 0 Å². The van der Waals surface area contributed by atoms with Crippen LogP contribution in [0.5, 0.6) is 0 Å². The zero-order chi connectivity index (χ0) is 15.1. The maximum atomic E-state index is 4.55. The van der Waals surface area contributed by atoms with Gasteiger partial charge in [-0.2, -0.15) is 0 Å². The number of aromatic nitrogens is 2. The molecule has 0 spiro atoms. The van der Waals surface area contributed by atoms with Crippen molar-refractivity contribution in [2.24, 2.45) is 11.8 Å². The van der Waals surface area contributed by atoms with Gasteiger partial charge in [-0.15, -0.1) is 0 Å². The first-order valence-electron chi connectivity index (χ1n) is 7.55. The molecular formula is C17H22BrN3. The van der Waals surface area contributed by atoms with E-state index >= 15 is 0 Å². The van der Waals surface area contributed by atoms with Crippen molar-refractivity contribution in [2.75, 3.05) is 0 Å². The molecule has 2 aromatic rings. The van der Waals surface area contributed by atoms with Crippen molar-refractivity contribution in [3.05, 3.63) is 40.3 Å². The number of hydrogen-bond acceptors (Lipinski definition) is 2. The molecule has 0 aliphatic heterocycles. The molecule has 3 unspecified atom stereocenters.